The molecule has 2 aliphatic rings. The van der Waals surface area contributed by atoms with Gasteiger partial charge in [-0.2, -0.15) is 5.10 Å². The Morgan fingerprint density at radius 1 is 1.00 bits per heavy atom. The van der Waals surface area contributed by atoms with E-state index in [1.807, 2.05) is 41.4 Å². The van der Waals surface area contributed by atoms with E-state index in [-0.39, 0.29) is 12.7 Å². The van der Waals surface area contributed by atoms with Crippen molar-refractivity contribution in [3.63, 3.8) is 0 Å². The summed E-state index contributed by atoms with van der Waals surface area (Å²) in [5.41, 5.74) is 5.27. The molecule has 0 fully saturated rings. The first kappa shape index (κ1) is 20.0. The number of hydrazone groups is 1. The molecule has 0 bridgehead atoms. The molecule has 3 aromatic carbocycles. The van der Waals surface area contributed by atoms with E-state index in [4.69, 9.17) is 9.84 Å². The minimum atomic E-state index is -0.515. The molecule has 0 spiro atoms. The van der Waals surface area contributed by atoms with Gasteiger partial charge in [0.15, 0.2) is 0 Å². The summed E-state index contributed by atoms with van der Waals surface area (Å²) >= 11 is 0. The van der Waals surface area contributed by atoms with Crippen LogP contribution in [0.25, 0.3) is 0 Å². The van der Waals surface area contributed by atoms with E-state index < -0.39 is 11.7 Å². The third-order valence-electron chi connectivity index (χ3n) is 6.03. The molecule has 5 rings (SSSR count). The summed E-state index contributed by atoms with van der Waals surface area (Å²) in [6.07, 6.45) is 0.688. The van der Waals surface area contributed by atoms with Gasteiger partial charge in [-0.15, -0.1) is 0 Å². The van der Waals surface area contributed by atoms with E-state index in [9.17, 15) is 9.59 Å². The molecule has 3 aromatic rings. The van der Waals surface area contributed by atoms with Gasteiger partial charge in [0.2, 0.25) is 0 Å². The molecule has 2 aliphatic heterocycles. The number of nitrogens with zero attached hydrogens (tertiary/aromatic N) is 3. The molecule has 2 heterocycles. The topological polar surface area (TPSA) is 62.2 Å². The number of anilines is 1. The van der Waals surface area contributed by atoms with Crippen molar-refractivity contribution in [2.45, 2.75) is 19.4 Å². The maximum atomic E-state index is 12.8. The summed E-state index contributed by atoms with van der Waals surface area (Å²) < 4.78 is 5.38. The zero-order chi connectivity index (χ0) is 22.2. The zero-order valence-electron chi connectivity index (χ0n) is 18.0. The summed E-state index contributed by atoms with van der Waals surface area (Å²) in [6.45, 7) is 2.26. The van der Waals surface area contributed by atoms with Crippen LogP contribution in [-0.2, 0) is 4.79 Å². The number of carbonyl (C=O) groups is 2. The fourth-order valence-corrected chi connectivity index (χ4v) is 4.27. The van der Waals surface area contributed by atoms with Gasteiger partial charge in [0, 0.05) is 12.0 Å². The molecule has 160 valence electrons. The molecule has 1 amide bonds. The van der Waals surface area contributed by atoms with Crippen molar-refractivity contribution in [2.75, 3.05) is 18.7 Å². The summed E-state index contributed by atoms with van der Waals surface area (Å²) in [7, 11) is 1.64. The second-order valence-electron chi connectivity index (χ2n) is 8.07. The van der Waals surface area contributed by atoms with Gasteiger partial charge in [0.05, 0.1) is 30.1 Å². The van der Waals surface area contributed by atoms with Crippen LogP contribution < -0.4 is 9.64 Å². The second-order valence-corrected chi connectivity index (χ2v) is 8.07. The number of para-hydroxylation sites is 1. The number of benzene rings is 3. The maximum absolute atomic E-state index is 12.8. The number of hydrogen-bond acceptors (Lipinski definition) is 5. The lowest BCUT2D eigenvalue weighted by Gasteiger charge is -2.28. The third kappa shape index (κ3) is 3.43. The molecule has 0 aliphatic carbocycles. The van der Waals surface area contributed by atoms with Gasteiger partial charge in [-0.25, -0.2) is 0 Å². The Balaban J connectivity index is 1.51. The minimum absolute atomic E-state index is 0.0486. The molecule has 6 heteroatoms. The van der Waals surface area contributed by atoms with E-state index in [0.29, 0.717) is 17.7 Å². The van der Waals surface area contributed by atoms with Crippen molar-refractivity contribution in [1.29, 1.82) is 0 Å². The van der Waals surface area contributed by atoms with E-state index in [0.717, 1.165) is 22.6 Å². The van der Waals surface area contributed by atoms with Crippen molar-refractivity contribution in [1.82, 2.24) is 5.01 Å². The molecule has 0 unspecified atom stereocenters. The quantitative estimate of drug-likeness (QED) is 0.571. The molecule has 0 radical (unpaired) electrons. The predicted octanol–water partition coefficient (Wildman–Crippen LogP) is 4.34. The van der Waals surface area contributed by atoms with Crippen LogP contribution in [0.1, 0.15) is 39.5 Å². The number of aryl methyl sites for hydroxylation is 1. The van der Waals surface area contributed by atoms with Crippen molar-refractivity contribution in [2.24, 2.45) is 5.10 Å². The Bertz CT molecular complexity index is 1230. The zero-order valence-corrected chi connectivity index (χ0v) is 18.0. The molecule has 1 atom stereocenters. The van der Waals surface area contributed by atoms with Gasteiger partial charge < -0.3 is 4.74 Å². The van der Waals surface area contributed by atoms with Crippen molar-refractivity contribution >= 4 is 23.1 Å². The number of methoxy groups -OCH3 is 1. The fraction of sp³-hybridized carbons (Fsp3) is 0.192. The van der Waals surface area contributed by atoms with E-state index in [1.165, 1.54) is 10.5 Å². The number of rotatable bonds is 5. The second kappa shape index (κ2) is 7.96. The van der Waals surface area contributed by atoms with Crippen LogP contribution in [0, 0.1) is 6.92 Å². The Morgan fingerprint density at radius 2 is 1.78 bits per heavy atom. The van der Waals surface area contributed by atoms with Crippen LogP contribution in [0.4, 0.5) is 5.69 Å². The largest absolute Gasteiger partial charge is 0.497 e. The summed E-state index contributed by atoms with van der Waals surface area (Å²) in [5.74, 6) is -0.215. The van der Waals surface area contributed by atoms with Crippen LogP contribution in [-0.4, -0.2) is 36.2 Å². The Kier molecular flexibility index (Phi) is 4.98. The van der Waals surface area contributed by atoms with E-state index in [1.54, 1.807) is 19.2 Å². The molecular formula is C26H23N3O3. The highest BCUT2D eigenvalue weighted by atomic mass is 16.5. The lowest BCUT2D eigenvalue weighted by atomic mass is 9.98. The molecule has 0 saturated heterocycles. The maximum Gasteiger partial charge on any atom is 0.301 e. The highest BCUT2D eigenvalue weighted by molar-refractivity contribution is 6.52. The standard InChI is InChI=1S/C26H23N3O3/c1-17-10-12-18(13-11-17)24-15-22(19-6-5-7-20(14-19)32-2)27-29(24)16-28-23-9-4-3-8-21(23)25(30)26(28)31/h3-14,24H,15-16H2,1-2H3/t24-/m0/s1. The van der Waals surface area contributed by atoms with Crippen LogP contribution in [0.15, 0.2) is 77.9 Å². The molecule has 32 heavy (non-hydrogen) atoms. The first-order valence-electron chi connectivity index (χ1n) is 10.6. The van der Waals surface area contributed by atoms with Gasteiger partial charge >= 0.3 is 5.91 Å². The van der Waals surface area contributed by atoms with Gasteiger partial charge in [-0.3, -0.25) is 19.5 Å². The Labute approximate surface area is 186 Å². The first-order valence-corrected chi connectivity index (χ1v) is 10.6. The van der Waals surface area contributed by atoms with Crippen molar-refractivity contribution in [3.05, 3.63) is 95.1 Å². The van der Waals surface area contributed by atoms with E-state index >= 15 is 0 Å². The van der Waals surface area contributed by atoms with Crippen LogP contribution in [0.5, 0.6) is 5.75 Å². The molecular weight excluding hydrogens is 402 g/mol. The molecule has 0 N–H and O–H groups in total. The number of amides is 1. The van der Waals surface area contributed by atoms with Crippen LogP contribution in [0.3, 0.4) is 0 Å². The van der Waals surface area contributed by atoms with E-state index in [2.05, 4.69) is 31.2 Å². The lowest BCUT2D eigenvalue weighted by molar-refractivity contribution is -0.114. The number of Topliss-reactive ketones (excluding diaryl/α,β-unsaturated/α-hetero) is 1. The van der Waals surface area contributed by atoms with Crippen LogP contribution >= 0.6 is 0 Å². The van der Waals surface area contributed by atoms with Gasteiger partial charge in [0.1, 0.15) is 12.4 Å². The van der Waals surface area contributed by atoms with Gasteiger partial charge in [-0.1, -0.05) is 54.1 Å². The fourth-order valence-electron chi connectivity index (χ4n) is 4.27. The molecule has 0 aromatic heterocycles. The first-order chi connectivity index (χ1) is 15.5. The number of hydrogen-bond donors (Lipinski definition) is 0. The van der Waals surface area contributed by atoms with Gasteiger partial charge in [0.25, 0.3) is 5.78 Å². The summed E-state index contributed by atoms with van der Waals surface area (Å²) in [6, 6.07) is 23.3. The Hall–Kier alpha value is -3.93. The number of ketones is 1. The SMILES string of the molecule is COc1cccc(C2=NN(CN3C(=O)C(=O)c4ccccc43)[C@H](c3ccc(C)cc3)C2)c1. The number of fused-ring (bicyclic) bond motifs is 1. The predicted molar refractivity (Wildman–Crippen MR) is 123 cm³/mol. The van der Waals surface area contributed by atoms with Crippen LogP contribution in [0.2, 0.25) is 0 Å². The highest BCUT2D eigenvalue weighted by Gasteiger charge is 2.39. The van der Waals surface area contributed by atoms with Gasteiger partial charge in [-0.05, 0) is 36.8 Å². The van der Waals surface area contributed by atoms with Crippen molar-refractivity contribution in [3.8, 4) is 5.75 Å². The average molecular weight is 425 g/mol. The summed E-state index contributed by atoms with van der Waals surface area (Å²) in [5, 5.41) is 6.81. The minimum Gasteiger partial charge on any atom is -0.497 e. The highest BCUT2D eigenvalue weighted by Crippen LogP contribution is 2.36. The third-order valence-corrected chi connectivity index (χ3v) is 6.03. The Morgan fingerprint density at radius 3 is 2.56 bits per heavy atom. The molecule has 0 saturated carbocycles. The number of carbonyl (C=O) groups excluding carboxylic acids is 2. The number of ether oxygens (including phenoxy) is 1. The molecule has 6 nitrogen and oxygen atoms in total. The monoisotopic (exact) mass is 425 g/mol. The normalized spacial score (nSPS) is 17.6. The van der Waals surface area contributed by atoms with Crippen molar-refractivity contribution < 1.29 is 14.3 Å². The average Bonchev–Trinajstić information content (AvgIpc) is 3.35. The smallest absolute Gasteiger partial charge is 0.301 e. The lowest BCUT2D eigenvalue weighted by Crippen LogP contribution is -2.39. The summed E-state index contributed by atoms with van der Waals surface area (Å²) in [4.78, 5) is 26.7.